The molecule has 0 aliphatic carbocycles. The van der Waals surface area contributed by atoms with Crippen LogP contribution in [0.4, 0.5) is 11.4 Å². The average molecular weight is 444 g/mol. The molecule has 1 aliphatic heterocycles. The lowest BCUT2D eigenvalue weighted by Crippen LogP contribution is -2.32. The summed E-state index contributed by atoms with van der Waals surface area (Å²) in [4.78, 5) is 28.3. The number of nitrogens with zero attached hydrogens (tertiary/aromatic N) is 1. The van der Waals surface area contributed by atoms with E-state index in [-0.39, 0.29) is 11.3 Å². The number of benzene rings is 3. The molecule has 7 heteroatoms. The number of hydrogen-bond acceptors (Lipinski definition) is 6. The van der Waals surface area contributed by atoms with Crippen molar-refractivity contribution in [1.29, 1.82) is 0 Å². The molecule has 0 bridgehead atoms. The lowest BCUT2D eigenvalue weighted by molar-refractivity contribution is -0.120. The van der Waals surface area contributed by atoms with E-state index in [0.29, 0.717) is 40.8 Å². The molecule has 3 aromatic carbocycles. The van der Waals surface area contributed by atoms with E-state index in [2.05, 4.69) is 5.32 Å². The van der Waals surface area contributed by atoms with Crippen molar-refractivity contribution >= 4 is 28.8 Å². The van der Waals surface area contributed by atoms with Crippen molar-refractivity contribution in [3.8, 4) is 17.2 Å². The van der Waals surface area contributed by atoms with Crippen molar-refractivity contribution in [2.45, 2.75) is 6.92 Å². The highest BCUT2D eigenvalue weighted by molar-refractivity contribution is 6.46. The van der Waals surface area contributed by atoms with Crippen molar-refractivity contribution in [3.63, 3.8) is 0 Å². The van der Waals surface area contributed by atoms with Crippen molar-refractivity contribution in [3.05, 3.63) is 84.1 Å². The van der Waals surface area contributed by atoms with Crippen LogP contribution < -0.4 is 24.4 Å². The minimum atomic E-state index is -0.475. The number of carbonyl (C=O) groups is 2. The largest absolute Gasteiger partial charge is 0.493 e. The van der Waals surface area contributed by atoms with Crippen LogP contribution in [-0.2, 0) is 9.59 Å². The monoisotopic (exact) mass is 444 g/mol. The van der Waals surface area contributed by atoms with E-state index in [0.717, 1.165) is 4.90 Å². The van der Waals surface area contributed by atoms with Crippen LogP contribution in [0.15, 0.2) is 78.5 Å². The van der Waals surface area contributed by atoms with Gasteiger partial charge < -0.3 is 19.5 Å². The van der Waals surface area contributed by atoms with Crippen molar-refractivity contribution in [2.24, 2.45) is 0 Å². The maximum Gasteiger partial charge on any atom is 0.282 e. The summed E-state index contributed by atoms with van der Waals surface area (Å²) < 4.78 is 16.3. The number of amides is 2. The zero-order chi connectivity index (χ0) is 23.4. The van der Waals surface area contributed by atoms with Crippen LogP contribution in [0, 0.1) is 0 Å². The predicted molar refractivity (Wildman–Crippen MR) is 127 cm³/mol. The summed E-state index contributed by atoms with van der Waals surface area (Å²) in [6.07, 6.45) is 0. The fourth-order valence-electron chi connectivity index (χ4n) is 3.70. The van der Waals surface area contributed by atoms with Gasteiger partial charge in [-0.25, -0.2) is 4.90 Å². The zero-order valence-electron chi connectivity index (χ0n) is 18.6. The van der Waals surface area contributed by atoms with Gasteiger partial charge in [0.15, 0.2) is 11.5 Å². The van der Waals surface area contributed by atoms with Crippen LogP contribution >= 0.6 is 0 Å². The number of rotatable bonds is 8. The Kier molecular flexibility index (Phi) is 6.31. The molecule has 1 aliphatic rings. The second-order valence-corrected chi connectivity index (χ2v) is 7.16. The molecule has 0 saturated carbocycles. The molecule has 1 N–H and O–H groups in total. The van der Waals surface area contributed by atoms with Gasteiger partial charge in [0.05, 0.1) is 37.8 Å². The SMILES string of the molecule is CCOc1ccccc1NC1=C(c2ccccc2)C(=O)N(c2ccc(OC)c(OC)c2)C1=O. The number of hydrogen-bond donors (Lipinski definition) is 1. The molecule has 7 nitrogen and oxygen atoms in total. The molecular weight excluding hydrogens is 420 g/mol. The number of anilines is 2. The average Bonchev–Trinajstić information content (AvgIpc) is 3.09. The zero-order valence-corrected chi connectivity index (χ0v) is 18.6. The second-order valence-electron chi connectivity index (χ2n) is 7.16. The quantitative estimate of drug-likeness (QED) is 0.516. The van der Waals surface area contributed by atoms with E-state index < -0.39 is 11.8 Å². The van der Waals surface area contributed by atoms with Crippen LogP contribution in [0.25, 0.3) is 5.57 Å². The van der Waals surface area contributed by atoms with Gasteiger partial charge in [-0.3, -0.25) is 9.59 Å². The lowest BCUT2D eigenvalue weighted by Gasteiger charge is -2.18. The van der Waals surface area contributed by atoms with E-state index in [1.54, 1.807) is 36.4 Å². The van der Waals surface area contributed by atoms with Gasteiger partial charge in [-0.05, 0) is 36.8 Å². The number of para-hydroxylation sites is 2. The summed E-state index contributed by atoms with van der Waals surface area (Å²) in [6, 6.07) is 21.3. The van der Waals surface area contributed by atoms with Crippen molar-refractivity contribution < 1.29 is 23.8 Å². The van der Waals surface area contributed by atoms with Crippen LogP contribution in [-0.4, -0.2) is 32.6 Å². The maximum atomic E-state index is 13.6. The molecule has 1 heterocycles. The summed E-state index contributed by atoms with van der Waals surface area (Å²) in [5.41, 5.74) is 2.06. The summed E-state index contributed by atoms with van der Waals surface area (Å²) in [7, 11) is 3.02. The summed E-state index contributed by atoms with van der Waals surface area (Å²) >= 11 is 0. The van der Waals surface area contributed by atoms with E-state index >= 15 is 0 Å². The Labute approximate surface area is 192 Å². The molecule has 0 fully saturated rings. The molecule has 168 valence electrons. The standard InChI is InChI=1S/C26H24N2O5/c1-4-33-20-13-9-8-12-19(20)27-24-23(17-10-6-5-7-11-17)25(29)28(26(24)30)18-14-15-21(31-2)22(16-18)32-3/h5-16,27H,4H2,1-3H3. The Hall–Kier alpha value is -4.26. The number of nitrogens with one attached hydrogen (secondary N) is 1. The Balaban J connectivity index is 1.81. The number of methoxy groups -OCH3 is 2. The van der Waals surface area contributed by atoms with E-state index in [1.165, 1.54) is 14.2 Å². The van der Waals surface area contributed by atoms with Crippen LogP contribution in [0.3, 0.4) is 0 Å². The first-order valence-corrected chi connectivity index (χ1v) is 10.5. The van der Waals surface area contributed by atoms with Crippen molar-refractivity contribution in [2.75, 3.05) is 31.0 Å². The maximum absolute atomic E-state index is 13.6. The summed E-state index contributed by atoms with van der Waals surface area (Å²) in [6.45, 7) is 2.35. The third-order valence-corrected chi connectivity index (χ3v) is 5.22. The Bertz CT molecular complexity index is 1220. The highest BCUT2D eigenvalue weighted by atomic mass is 16.5. The third-order valence-electron chi connectivity index (χ3n) is 5.22. The Morgan fingerprint density at radius 2 is 1.48 bits per heavy atom. The Morgan fingerprint density at radius 1 is 0.788 bits per heavy atom. The smallest absolute Gasteiger partial charge is 0.282 e. The van der Waals surface area contributed by atoms with Crippen LogP contribution in [0.1, 0.15) is 12.5 Å². The minimum Gasteiger partial charge on any atom is -0.493 e. The first-order valence-electron chi connectivity index (χ1n) is 10.5. The molecule has 0 radical (unpaired) electrons. The molecular formula is C26H24N2O5. The fourth-order valence-corrected chi connectivity index (χ4v) is 3.70. The highest BCUT2D eigenvalue weighted by Crippen LogP contribution is 2.38. The van der Waals surface area contributed by atoms with Gasteiger partial charge in [0.25, 0.3) is 11.8 Å². The molecule has 0 unspecified atom stereocenters. The second kappa shape index (κ2) is 9.48. The van der Waals surface area contributed by atoms with E-state index in [9.17, 15) is 9.59 Å². The van der Waals surface area contributed by atoms with Gasteiger partial charge >= 0.3 is 0 Å². The molecule has 2 amide bonds. The van der Waals surface area contributed by atoms with Crippen molar-refractivity contribution in [1.82, 2.24) is 0 Å². The minimum absolute atomic E-state index is 0.174. The normalized spacial score (nSPS) is 13.4. The number of ether oxygens (including phenoxy) is 3. The lowest BCUT2D eigenvalue weighted by atomic mass is 10.0. The molecule has 0 saturated heterocycles. The third kappa shape index (κ3) is 4.13. The van der Waals surface area contributed by atoms with Gasteiger partial charge in [0, 0.05) is 6.07 Å². The van der Waals surface area contributed by atoms with E-state index in [1.807, 2.05) is 43.3 Å². The number of imide groups is 1. The first-order chi connectivity index (χ1) is 16.1. The van der Waals surface area contributed by atoms with Gasteiger partial charge in [0.2, 0.25) is 0 Å². The first kappa shape index (κ1) is 22.0. The Morgan fingerprint density at radius 3 is 2.18 bits per heavy atom. The number of carbonyl (C=O) groups excluding carboxylic acids is 2. The van der Waals surface area contributed by atoms with Crippen LogP contribution in [0.5, 0.6) is 17.2 Å². The van der Waals surface area contributed by atoms with Crippen LogP contribution in [0.2, 0.25) is 0 Å². The summed E-state index contributed by atoms with van der Waals surface area (Å²) in [5, 5.41) is 3.16. The van der Waals surface area contributed by atoms with E-state index in [4.69, 9.17) is 14.2 Å². The van der Waals surface area contributed by atoms with Gasteiger partial charge in [0.1, 0.15) is 11.4 Å². The molecule has 3 aromatic rings. The fraction of sp³-hybridized carbons (Fsp3) is 0.154. The van der Waals surface area contributed by atoms with Gasteiger partial charge in [-0.2, -0.15) is 0 Å². The predicted octanol–water partition coefficient (Wildman–Crippen LogP) is 4.50. The van der Waals surface area contributed by atoms with Gasteiger partial charge in [-0.1, -0.05) is 42.5 Å². The molecule has 0 aromatic heterocycles. The molecule has 0 spiro atoms. The molecule has 4 rings (SSSR count). The molecule has 0 atom stereocenters. The molecule has 33 heavy (non-hydrogen) atoms. The topological polar surface area (TPSA) is 77.1 Å². The van der Waals surface area contributed by atoms with Gasteiger partial charge in [-0.15, -0.1) is 0 Å². The highest BCUT2D eigenvalue weighted by Gasteiger charge is 2.40. The summed E-state index contributed by atoms with van der Waals surface area (Å²) in [5.74, 6) is 0.595.